The predicted molar refractivity (Wildman–Crippen MR) is 227 cm³/mol. The summed E-state index contributed by atoms with van der Waals surface area (Å²) >= 11 is 0.997. The molecule has 2 amide bonds. The number of carboxylic acids is 1. The Morgan fingerprint density at radius 3 is 2.38 bits per heavy atom. The summed E-state index contributed by atoms with van der Waals surface area (Å²) in [6, 6.07) is 28.6. The topological polar surface area (TPSA) is 200 Å². The maximum Gasteiger partial charge on any atom is 0.303 e. The Kier molecular flexibility index (Phi) is 12.5. The molecule has 1 aliphatic rings. The van der Waals surface area contributed by atoms with Gasteiger partial charge >= 0.3 is 5.97 Å². The monoisotopic (exact) mass is 845 g/mol. The number of aryl methyl sites for hydroxylation is 2. The number of hydrogen-bond acceptors (Lipinski definition) is 11. The number of hydrogen-bond donors (Lipinski definition) is 3. The van der Waals surface area contributed by atoms with Crippen molar-refractivity contribution in [3.05, 3.63) is 131 Å². The fourth-order valence-corrected chi connectivity index (χ4v) is 8.12. The number of amides is 2. The number of benzene rings is 4. The van der Waals surface area contributed by atoms with Crippen molar-refractivity contribution in [1.29, 1.82) is 0 Å². The van der Waals surface area contributed by atoms with Crippen LogP contribution in [0.15, 0.2) is 91.0 Å². The molecule has 4 aromatic carbocycles. The maximum atomic E-state index is 14.4. The number of H-pyrrole nitrogens is 1. The van der Waals surface area contributed by atoms with Gasteiger partial charge in [-0.3, -0.25) is 24.5 Å². The largest absolute Gasteiger partial charge is 0.486 e. The lowest BCUT2D eigenvalue weighted by Crippen LogP contribution is -2.25. The smallest absolute Gasteiger partial charge is 0.303 e. The van der Waals surface area contributed by atoms with E-state index in [-0.39, 0.29) is 54.5 Å². The molecule has 306 valence electrons. The van der Waals surface area contributed by atoms with Crippen molar-refractivity contribution in [1.82, 2.24) is 45.0 Å². The number of carbonyl (C=O) groups is 4. The first-order valence-corrected chi connectivity index (χ1v) is 20.0. The van der Waals surface area contributed by atoms with Crippen molar-refractivity contribution in [2.75, 3.05) is 0 Å². The molecule has 3 N–H and O–H groups in total. The van der Waals surface area contributed by atoms with Crippen LogP contribution in [-0.2, 0) is 49.1 Å². The third kappa shape index (κ3) is 8.84. The molecule has 0 radical (unpaired) electrons. The number of tetrazole rings is 1. The molecular formula is C43H40ClN9O6S. The van der Waals surface area contributed by atoms with Crippen molar-refractivity contribution >= 4 is 58.1 Å². The van der Waals surface area contributed by atoms with Gasteiger partial charge < -0.3 is 19.0 Å². The summed E-state index contributed by atoms with van der Waals surface area (Å²) in [6.45, 7) is 2.54. The first kappa shape index (κ1) is 41.5. The Morgan fingerprint density at radius 2 is 1.68 bits per heavy atom. The number of aromatic nitrogens is 8. The highest BCUT2D eigenvalue weighted by atomic mass is 35.5. The molecule has 0 bridgehead atoms. The number of carboxylic acid groups (broad SMARTS) is 1. The van der Waals surface area contributed by atoms with Crippen LogP contribution in [0.3, 0.4) is 0 Å². The van der Waals surface area contributed by atoms with Gasteiger partial charge in [-0.05, 0) is 76.7 Å². The zero-order valence-corrected chi connectivity index (χ0v) is 34.3. The fourth-order valence-electron chi connectivity index (χ4n) is 7.26. The van der Waals surface area contributed by atoms with Crippen LogP contribution in [0.1, 0.15) is 64.3 Å². The Hall–Kier alpha value is -6.65. The molecular weight excluding hydrogens is 806 g/mol. The highest BCUT2D eigenvalue weighted by molar-refractivity contribution is 8.15. The normalized spacial score (nSPS) is 13.7. The van der Waals surface area contributed by atoms with Crippen molar-refractivity contribution < 1.29 is 29.0 Å². The number of ketones is 1. The summed E-state index contributed by atoms with van der Waals surface area (Å²) in [7, 11) is 1.86. The molecule has 7 aromatic rings. The van der Waals surface area contributed by atoms with Crippen LogP contribution in [0.5, 0.6) is 5.75 Å². The van der Waals surface area contributed by atoms with Crippen molar-refractivity contribution in [2.45, 2.75) is 57.4 Å². The number of imide groups is 1. The van der Waals surface area contributed by atoms with Crippen LogP contribution in [0.25, 0.3) is 33.5 Å². The Bertz CT molecular complexity index is 2700. The number of thioether (sulfide) groups is 1. The minimum absolute atomic E-state index is 0. The Labute approximate surface area is 354 Å². The highest BCUT2D eigenvalue weighted by Crippen LogP contribution is 2.32. The molecule has 0 saturated carbocycles. The van der Waals surface area contributed by atoms with Crippen molar-refractivity contribution in [3.63, 3.8) is 0 Å². The summed E-state index contributed by atoms with van der Waals surface area (Å²) in [4.78, 5) is 59.5. The van der Waals surface area contributed by atoms with Gasteiger partial charge in [0.15, 0.2) is 0 Å². The van der Waals surface area contributed by atoms with Gasteiger partial charge in [-0.1, -0.05) is 73.3 Å². The first-order chi connectivity index (χ1) is 28.6. The molecule has 0 aliphatic carbocycles. The summed E-state index contributed by atoms with van der Waals surface area (Å²) in [5, 5.41) is 26.1. The Morgan fingerprint density at radius 1 is 0.900 bits per heavy atom. The van der Waals surface area contributed by atoms with E-state index in [2.05, 4.69) is 25.9 Å². The SMILES string of the molecule is CCCc1nc(C(=O)c2ccc3nc(COc4ccc(CC5SC(=O)NC5=O)cc4)n(C)c3c2)c(CCC(=O)O)n1Cc1ccc(-c2ccccc2)c(-c2nn[nH]n2)c1.Cl. The molecule has 17 heteroatoms. The summed E-state index contributed by atoms with van der Waals surface area (Å²) in [6.07, 6.45) is 1.71. The van der Waals surface area contributed by atoms with Crippen LogP contribution >= 0.6 is 24.2 Å². The molecule has 0 spiro atoms. The van der Waals surface area contributed by atoms with Gasteiger partial charge in [0, 0.05) is 43.3 Å². The van der Waals surface area contributed by atoms with Gasteiger partial charge in [0.1, 0.15) is 29.7 Å². The van der Waals surface area contributed by atoms with Gasteiger partial charge in [0.2, 0.25) is 17.5 Å². The van der Waals surface area contributed by atoms with E-state index in [4.69, 9.17) is 14.7 Å². The number of ether oxygens (including phenoxy) is 1. The van der Waals surface area contributed by atoms with Gasteiger partial charge in [0.25, 0.3) is 5.24 Å². The average Bonchev–Trinajstić information content (AvgIpc) is 4.03. The molecule has 1 unspecified atom stereocenters. The number of halogens is 1. The standard InChI is InChI=1S/C43H39N9O6S.ClH/c1-3-7-36-45-39(33(18-19-38(53)54)52(36)23-26-12-16-30(27-8-5-4-6-9-27)31(20-26)41-47-49-50-48-41)40(55)28-13-17-32-34(22-28)51(2)37(44-32)24-58-29-14-10-25(11-15-29)21-35-42(56)46-43(57)59-35;/h4-6,8-17,20,22,35H,3,7,18-19,21,23-24H2,1-2H3,(H,53,54)(H,46,56,57)(H,47,48,49,50);1H. The van der Waals surface area contributed by atoms with Crippen LogP contribution in [-0.4, -0.2) is 73.0 Å². The second kappa shape index (κ2) is 18.1. The second-order valence-electron chi connectivity index (χ2n) is 14.2. The van der Waals surface area contributed by atoms with Crippen molar-refractivity contribution in [2.24, 2.45) is 7.05 Å². The third-order valence-electron chi connectivity index (χ3n) is 10.2. The second-order valence-corrected chi connectivity index (χ2v) is 15.3. The summed E-state index contributed by atoms with van der Waals surface area (Å²) in [5.74, 6) is 0.816. The number of aromatic amines is 1. The lowest BCUT2D eigenvalue weighted by Gasteiger charge is -2.15. The van der Waals surface area contributed by atoms with Crippen LogP contribution < -0.4 is 10.1 Å². The van der Waals surface area contributed by atoms with Gasteiger partial charge in [0.05, 0.1) is 22.7 Å². The van der Waals surface area contributed by atoms with Crippen LogP contribution in [0.4, 0.5) is 4.79 Å². The number of carbonyl (C=O) groups excluding carboxylic acids is 3. The molecule has 1 atom stereocenters. The van der Waals surface area contributed by atoms with E-state index in [0.717, 1.165) is 51.5 Å². The number of aliphatic carboxylic acids is 1. The lowest BCUT2D eigenvalue weighted by molar-refractivity contribution is -0.137. The van der Waals surface area contributed by atoms with Crippen molar-refractivity contribution in [3.8, 4) is 28.3 Å². The molecule has 60 heavy (non-hydrogen) atoms. The minimum atomic E-state index is -0.975. The van der Waals surface area contributed by atoms with Crippen LogP contribution in [0.2, 0.25) is 0 Å². The third-order valence-corrected chi connectivity index (χ3v) is 11.2. The van der Waals surface area contributed by atoms with Gasteiger partial charge in [-0.15, -0.1) is 22.6 Å². The highest BCUT2D eigenvalue weighted by Gasteiger charge is 2.31. The van der Waals surface area contributed by atoms with Crippen LogP contribution in [0, 0.1) is 0 Å². The molecule has 4 heterocycles. The number of nitrogens with one attached hydrogen (secondary N) is 2. The number of fused-ring (bicyclic) bond motifs is 1. The zero-order chi connectivity index (χ0) is 41.0. The number of imidazole rings is 2. The van der Waals surface area contributed by atoms with Gasteiger partial charge in [-0.25, -0.2) is 9.97 Å². The molecule has 3 aromatic heterocycles. The molecule has 15 nitrogen and oxygen atoms in total. The van der Waals surface area contributed by atoms with E-state index < -0.39 is 11.2 Å². The van der Waals surface area contributed by atoms with E-state index in [1.54, 1.807) is 18.2 Å². The first-order valence-electron chi connectivity index (χ1n) is 19.1. The minimum Gasteiger partial charge on any atom is -0.486 e. The van der Waals surface area contributed by atoms with E-state index in [1.807, 2.05) is 95.9 Å². The van der Waals surface area contributed by atoms with E-state index in [9.17, 15) is 24.3 Å². The molecule has 8 rings (SSSR count). The number of rotatable bonds is 16. The predicted octanol–water partition coefficient (Wildman–Crippen LogP) is 6.76. The quantitative estimate of drug-likeness (QED) is 0.0865. The zero-order valence-electron chi connectivity index (χ0n) is 32.6. The Balaban J connectivity index is 0.00000544. The summed E-state index contributed by atoms with van der Waals surface area (Å²) < 4.78 is 9.91. The molecule has 1 fully saturated rings. The van der Waals surface area contributed by atoms with E-state index in [0.29, 0.717) is 59.4 Å². The average molecular weight is 846 g/mol. The van der Waals surface area contributed by atoms with E-state index >= 15 is 0 Å². The fraction of sp³-hybridized carbons (Fsp3) is 0.233. The molecule has 1 aliphatic heterocycles. The van der Waals surface area contributed by atoms with Gasteiger partial charge in [-0.2, -0.15) is 5.21 Å². The summed E-state index contributed by atoms with van der Waals surface area (Å²) in [5.41, 5.74) is 7.08. The number of nitrogens with zero attached hydrogens (tertiary/aromatic N) is 7. The van der Waals surface area contributed by atoms with E-state index in [1.165, 1.54) is 0 Å². The molecule has 1 saturated heterocycles. The lowest BCUT2D eigenvalue weighted by atomic mass is 9.97. The maximum absolute atomic E-state index is 14.4.